The molecule has 0 aliphatic rings. The lowest BCUT2D eigenvalue weighted by atomic mass is 10.0. The van der Waals surface area contributed by atoms with Gasteiger partial charge in [0.25, 0.3) is 5.56 Å². The van der Waals surface area contributed by atoms with Crippen LogP contribution in [0, 0.1) is 0 Å². The SMILES string of the molecule is Cn1c(=O)ccc2cnc3ccc(-c4cnc5ccccc5c4)cc3c21. The highest BCUT2D eigenvalue weighted by Gasteiger charge is 2.08. The summed E-state index contributed by atoms with van der Waals surface area (Å²) in [5, 5.41) is 3.02. The maximum Gasteiger partial charge on any atom is 0.250 e. The zero-order chi connectivity index (χ0) is 17.7. The summed E-state index contributed by atoms with van der Waals surface area (Å²) in [6.45, 7) is 0. The van der Waals surface area contributed by atoms with E-state index in [9.17, 15) is 4.79 Å². The Labute approximate surface area is 149 Å². The van der Waals surface area contributed by atoms with E-state index < -0.39 is 0 Å². The molecular weight excluding hydrogens is 322 g/mol. The highest BCUT2D eigenvalue weighted by molar-refractivity contribution is 6.04. The van der Waals surface area contributed by atoms with Gasteiger partial charge in [-0.15, -0.1) is 0 Å². The third kappa shape index (κ3) is 2.19. The van der Waals surface area contributed by atoms with E-state index in [0.717, 1.165) is 43.8 Å². The molecular formula is C22H15N3O. The molecule has 0 bridgehead atoms. The molecule has 3 heterocycles. The van der Waals surface area contributed by atoms with Crippen LogP contribution in [-0.4, -0.2) is 14.5 Å². The number of aromatic nitrogens is 3. The van der Waals surface area contributed by atoms with Crippen LogP contribution < -0.4 is 5.56 Å². The van der Waals surface area contributed by atoms with Gasteiger partial charge in [-0.05, 0) is 35.9 Å². The van der Waals surface area contributed by atoms with Gasteiger partial charge in [-0.25, -0.2) is 0 Å². The van der Waals surface area contributed by atoms with Crippen molar-refractivity contribution in [1.29, 1.82) is 0 Å². The summed E-state index contributed by atoms with van der Waals surface area (Å²) in [4.78, 5) is 21.2. The van der Waals surface area contributed by atoms with Crippen LogP contribution in [0.15, 0.2) is 77.9 Å². The smallest absolute Gasteiger partial charge is 0.250 e. The molecule has 4 heteroatoms. The molecule has 0 amide bonds. The minimum atomic E-state index is -0.0252. The lowest BCUT2D eigenvalue weighted by molar-refractivity contribution is 0.909. The first-order valence-electron chi connectivity index (χ1n) is 8.44. The van der Waals surface area contributed by atoms with E-state index in [1.165, 1.54) is 0 Å². The molecule has 2 aromatic carbocycles. The Hall–Kier alpha value is -3.53. The largest absolute Gasteiger partial charge is 0.311 e. The third-order valence-corrected chi connectivity index (χ3v) is 4.86. The van der Waals surface area contributed by atoms with Crippen molar-refractivity contribution in [2.24, 2.45) is 7.05 Å². The van der Waals surface area contributed by atoms with Crippen LogP contribution in [0.5, 0.6) is 0 Å². The summed E-state index contributed by atoms with van der Waals surface area (Å²) in [6, 6.07) is 19.8. The van der Waals surface area contributed by atoms with Crippen molar-refractivity contribution in [1.82, 2.24) is 14.5 Å². The van der Waals surface area contributed by atoms with Gasteiger partial charge in [0.15, 0.2) is 0 Å². The van der Waals surface area contributed by atoms with Gasteiger partial charge >= 0.3 is 0 Å². The normalized spacial score (nSPS) is 11.4. The van der Waals surface area contributed by atoms with Gasteiger partial charge < -0.3 is 4.57 Å². The first-order valence-corrected chi connectivity index (χ1v) is 8.44. The van der Waals surface area contributed by atoms with Crippen molar-refractivity contribution in [3.8, 4) is 11.1 Å². The van der Waals surface area contributed by atoms with Crippen molar-refractivity contribution in [3.05, 3.63) is 83.4 Å². The Kier molecular flexibility index (Phi) is 3.12. The predicted molar refractivity (Wildman–Crippen MR) is 105 cm³/mol. The predicted octanol–water partition coefficient (Wildman–Crippen LogP) is 4.30. The Morgan fingerprint density at radius 1 is 0.769 bits per heavy atom. The molecule has 0 atom stereocenters. The average Bonchev–Trinajstić information content (AvgIpc) is 2.69. The fourth-order valence-corrected chi connectivity index (χ4v) is 3.48. The molecule has 0 radical (unpaired) electrons. The Morgan fingerprint density at radius 3 is 2.54 bits per heavy atom. The van der Waals surface area contributed by atoms with E-state index in [-0.39, 0.29) is 5.56 Å². The number of aryl methyl sites for hydroxylation is 1. The number of hydrogen-bond donors (Lipinski definition) is 0. The summed E-state index contributed by atoms with van der Waals surface area (Å²) in [5.74, 6) is 0. The summed E-state index contributed by atoms with van der Waals surface area (Å²) in [5.41, 5.74) is 4.83. The number of pyridine rings is 3. The fourth-order valence-electron chi connectivity index (χ4n) is 3.48. The molecule has 5 rings (SSSR count). The number of nitrogens with zero attached hydrogens (tertiary/aromatic N) is 3. The number of rotatable bonds is 1. The topological polar surface area (TPSA) is 47.8 Å². The molecule has 5 aromatic rings. The zero-order valence-corrected chi connectivity index (χ0v) is 14.2. The Morgan fingerprint density at radius 2 is 1.62 bits per heavy atom. The number of benzene rings is 2. The van der Waals surface area contributed by atoms with Crippen LogP contribution in [-0.2, 0) is 7.05 Å². The third-order valence-electron chi connectivity index (χ3n) is 4.86. The molecule has 0 saturated heterocycles. The summed E-state index contributed by atoms with van der Waals surface area (Å²) in [7, 11) is 1.80. The van der Waals surface area contributed by atoms with Gasteiger partial charge in [0, 0.05) is 47.2 Å². The number of para-hydroxylation sites is 1. The monoisotopic (exact) mass is 337 g/mol. The van der Waals surface area contributed by atoms with E-state index in [2.05, 4.69) is 28.2 Å². The van der Waals surface area contributed by atoms with Crippen LogP contribution in [0.2, 0.25) is 0 Å². The van der Waals surface area contributed by atoms with Crippen LogP contribution in [0.1, 0.15) is 0 Å². The van der Waals surface area contributed by atoms with E-state index in [1.54, 1.807) is 17.7 Å². The van der Waals surface area contributed by atoms with E-state index in [4.69, 9.17) is 0 Å². The van der Waals surface area contributed by atoms with Gasteiger partial charge in [0.1, 0.15) is 0 Å². The average molecular weight is 337 g/mol. The van der Waals surface area contributed by atoms with Crippen LogP contribution >= 0.6 is 0 Å². The van der Waals surface area contributed by atoms with Crippen molar-refractivity contribution in [3.63, 3.8) is 0 Å². The quantitative estimate of drug-likeness (QED) is 0.428. The van der Waals surface area contributed by atoms with Gasteiger partial charge in [-0.3, -0.25) is 14.8 Å². The summed E-state index contributed by atoms with van der Waals surface area (Å²) >= 11 is 0. The van der Waals surface area contributed by atoms with Crippen molar-refractivity contribution < 1.29 is 0 Å². The minimum Gasteiger partial charge on any atom is -0.311 e. The van der Waals surface area contributed by atoms with Gasteiger partial charge in [-0.2, -0.15) is 0 Å². The Bertz CT molecular complexity index is 1370. The molecule has 0 saturated carbocycles. The molecule has 0 aliphatic carbocycles. The molecule has 0 unspecified atom stereocenters. The Balaban J connectivity index is 1.82. The fraction of sp³-hybridized carbons (Fsp3) is 0.0455. The molecule has 4 nitrogen and oxygen atoms in total. The maximum atomic E-state index is 12.1. The summed E-state index contributed by atoms with van der Waals surface area (Å²) < 4.78 is 1.68. The van der Waals surface area contributed by atoms with E-state index in [1.807, 2.05) is 48.8 Å². The summed E-state index contributed by atoms with van der Waals surface area (Å²) in [6.07, 6.45) is 3.70. The molecule has 0 aliphatic heterocycles. The zero-order valence-electron chi connectivity index (χ0n) is 14.2. The second-order valence-electron chi connectivity index (χ2n) is 6.44. The lowest BCUT2D eigenvalue weighted by Gasteiger charge is -2.10. The maximum absolute atomic E-state index is 12.1. The highest BCUT2D eigenvalue weighted by atomic mass is 16.1. The number of hydrogen-bond acceptors (Lipinski definition) is 3. The standard InChI is InChI=1S/C22H15N3O/c1-25-21(26)9-7-16-12-24-20-8-6-14(11-18(20)22(16)25)17-10-15-4-2-3-5-19(15)23-13-17/h2-13H,1H3. The van der Waals surface area contributed by atoms with Gasteiger partial charge in [-0.1, -0.05) is 24.3 Å². The van der Waals surface area contributed by atoms with Crippen LogP contribution in [0.4, 0.5) is 0 Å². The molecule has 0 fully saturated rings. The van der Waals surface area contributed by atoms with E-state index >= 15 is 0 Å². The first-order chi connectivity index (χ1) is 12.7. The molecule has 124 valence electrons. The van der Waals surface area contributed by atoms with Crippen molar-refractivity contribution in [2.75, 3.05) is 0 Å². The van der Waals surface area contributed by atoms with Gasteiger partial charge in [0.2, 0.25) is 0 Å². The highest BCUT2D eigenvalue weighted by Crippen LogP contribution is 2.29. The second-order valence-corrected chi connectivity index (χ2v) is 6.44. The lowest BCUT2D eigenvalue weighted by Crippen LogP contribution is -2.15. The van der Waals surface area contributed by atoms with Crippen LogP contribution in [0.25, 0.3) is 43.8 Å². The molecule has 3 aromatic heterocycles. The van der Waals surface area contributed by atoms with Crippen LogP contribution in [0.3, 0.4) is 0 Å². The van der Waals surface area contributed by atoms with Crippen molar-refractivity contribution >= 4 is 32.7 Å². The molecule has 0 N–H and O–H groups in total. The second kappa shape index (κ2) is 5.49. The van der Waals surface area contributed by atoms with E-state index in [0.29, 0.717) is 0 Å². The molecule has 0 spiro atoms. The molecule has 26 heavy (non-hydrogen) atoms. The van der Waals surface area contributed by atoms with Gasteiger partial charge in [0.05, 0.1) is 16.6 Å². The van der Waals surface area contributed by atoms with Crippen molar-refractivity contribution in [2.45, 2.75) is 0 Å². The first kappa shape index (κ1) is 14.8. The number of fused-ring (bicyclic) bond motifs is 4. The minimum absolute atomic E-state index is 0.0252.